The van der Waals surface area contributed by atoms with Gasteiger partial charge in [0.2, 0.25) is 5.89 Å². The van der Waals surface area contributed by atoms with E-state index in [0.717, 1.165) is 22.3 Å². The molecule has 1 aromatic heterocycles. The third-order valence-electron chi connectivity index (χ3n) is 5.58. The maximum absolute atomic E-state index is 12.8. The first-order chi connectivity index (χ1) is 16.6. The van der Waals surface area contributed by atoms with Crippen molar-refractivity contribution in [2.75, 3.05) is 6.61 Å². The van der Waals surface area contributed by atoms with Crippen LogP contribution >= 0.6 is 0 Å². The summed E-state index contributed by atoms with van der Waals surface area (Å²) in [7, 11) is 0. The quantitative estimate of drug-likeness (QED) is 0.320. The number of rotatable bonds is 8. The summed E-state index contributed by atoms with van der Waals surface area (Å²) in [5.41, 5.74) is 4.75. The Kier molecular flexibility index (Phi) is 6.79. The van der Waals surface area contributed by atoms with Crippen molar-refractivity contribution in [3.63, 3.8) is 0 Å². The maximum atomic E-state index is 12.8. The van der Waals surface area contributed by atoms with Crippen LogP contribution in [-0.4, -0.2) is 34.9 Å². The number of hydrogen-bond acceptors (Lipinski definition) is 5. The third kappa shape index (κ3) is 5.63. The molecule has 0 aliphatic rings. The number of oxazole rings is 1. The molecule has 0 radical (unpaired) electrons. The molecule has 4 rings (SSSR count). The van der Waals surface area contributed by atoms with Crippen LogP contribution in [0.1, 0.15) is 18.1 Å². The number of nitrogens with zero attached hydrogens (tertiary/aromatic N) is 1. The number of carboxylic acids is 1. The number of halogens is 3. The summed E-state index contributed by atoms with van der Waals surface area (Å²) >= 11 is 0. The molecule has 0 spiro atoms. The Morgan fingerprint density at radius 2 is 1.83 bits per heavy atom. The summed E-state index contributed by atoms with van der Waals surface area (Å²) in [5.74, 6) is -0.820. The molecule has 0 saturated heterocycles. The third-order valence-corrected chi connectivity index (χ3v) is 5.58. The Balaban J connectivity index is 1.73. The van der Waals surface area contributed by atoms with Crippen molar-refractivity contribution < 1.29 is 32.2 Å². The van der Waals surface area contributed by atoms with E-state index in [9.17, 15) is 18.0 Å². The lowest BCUT2D eigenvalue weighted by Gasteiger charge is -2.15. The van der Waals surface area contributed by atoms with E-state index >= 15 is 0 Å². The lowest BCUT2D eigenvalue weighted by molar-refractivity contribution is -0.153. The van der Waals surface area contributed by atoms with Gasteiger partial charge in [0.05, 0.1) is 0 Å². The molecule has 35 heavy (non-hydrogen) atoms. The van der Waals surface area contributed by atoms with Crippen LogP contribution in [0.2, 0.25) is 0 Å². The number of carbonyl (C=O) groups is 1. The van der Waals surface area contributed by atoms with Crippen molar-refractivity contribution in [2.24, 2.45) is 0 Å². The highest BCUT2D eigenvalue weighted by Gasteiger charge is 2.29. The van der Waals surface area contributed by atoms with E-state index in [4.69, 9.17) is 14.3 Å². The zero-order valence-electron chi connectivity index (χ0n) is 19.0. The number of alkyl halides is 3. The molecular weight excluding hydrogens is 461 g/mol. The van der Waals surface area contributed by atoms with E-state index in [1.807, 2.05) is 55.5 Å². The average Bonchev–Trinajstić information content (AvgIpc) is 3.23. The lowest BCUT2D eigenvalue weighted by atomic mass is 9.96. The van der Waals surface area contributed by atoms with Crippen LogP contribution in [0.3, 0.4) is 0 Å². The van der Waals surface area contributed by atoms with Crippen LogP contribution in [0, 0.1) is 6.92 Å². The first-order valence-electron chi connectivity index (χ1n) is 10.9. The Labute approximate surface area is 199 Å². The number of hydrogen-bond donors (Lipinski definition) is 2. The Morgan fingerprint density at radius 1 is 1.11 bits per heavy atom. The van der Waals surface area contributed by atoms with Crippen molar-refractivity contribution >= 4 is 17.1 Å². The fourth-order valence-electron chi connectivity index (χ4n) is 3.69. The molecular formula is C26H23F3N2O4. The number of carboxylic acid groups (broad SMARTS) is 1. The van der Waals surface area contributed by atoms with Gasteiger partial charge < -0.3 is 19.6 Å². The molecule has 1 atom stereocenters. The Morgan fingerprint density at radius 3 is 2.51 bits per heavy atom. The van der Waals surface area contributed by atoms with Gasteiger partial charge in [-0.05, 0) is 42.7 Å². The van der Waals surface area contributed by atoms with Crippen molar-refractivity contribution in [3.8, 4) is 28.3 Å². The van der Waals surface area contributed by atoms with Gasteiger partial charge in [-0.1, -0.05) is 42.5 Å². The summed E-state index contributed by atoms with van der Waals surface area (Å²) < 4.78 is 49.3. The largest absolute Gasteiger partial charge is 0.484 e. The first kappa shape index (κ1) is 24.3. The predicted octanol–water partition coefficient (Wildman–Crippen LogP) is 5.97. The fourth-order valence-corrected chi connectivity index (χ4v) is 3.69. The van der Waals surface area contributed by atoms with Gasteiger partial charge in [-0.2, -0.15) is 13.2 Å². The van der Waals surface area contributed by atoms with Crippen LogP contribution in [0.25, 0.3) is 33.7 Å². The molecule has 3 aromatic carbocycles. The Hall–Kier alpha value is -3.85. The predicted molar refractivity (Wildman–Crippen MR) is 125 cm³/mol. The van der Waals surface area contributed by atoms with Crippen molar-refractivity contribution in [1.82, 2.24) is 10.3 Å². The van der Waals surface area contributed by atoms with Gasteiger partial charge in [-0.15, -0.1) is 0 Å². The minimum absolute atomic E-state index is 0.0265. The topological polar surface area (TPSA) is 84.6 Å². The zero-order valence-corrected chi connectivity index (χ0v) is 19.0. The number of fused-ring (bicyclic) bond motifs is 1. The number of benzene rings is 3. The molecule has 0 saturated carbocycles. The Bertz CT molecular complexity index is 1350. The van der Waals surface area contributed by atoms with Gasteiger partial charge in [0.25, 0.3) is 0 Å². The van der Waals surface area contributed by atoms with Crippen LogP contribution in [0.15, 0.2) is 65.1 Å². The number of aliphatic carboxylic acids is 1. The second-order valence-corrected chi connectivity index (χ2v) is 8.14. The highest BCUT2D eigenvalue weighted by molar-refractivity contribution is 5.82. The molecule has 0 fully saturated rings. The molecule has 1 heterocycles. The molecule has 9 heteroatoms. The average molecular weight is 484 g/mol. The smallest absolute Gasteiger partial charge is 0.422 e. The highest BCUT2D eigenvalue weighted by atomic mass is 19.4. The zero-order chi connectivity index (χ0) is 25.2. The second kappa shape index (κ2) is 9.79. The fraction of sp³-hybridized carbons (Fsp3) is 0.231. The van der Waals surface area contributed by atoms with Gasteiger partial charge in [0.15, 0.2) is 12.2 Å². The van der Waals surface area contributed by atoms with E-state index in [1.165, 1.54) is 13.0 Å². The van der Waals surface area contributed by atoms with Gasteiger partial charge in [0, 0.05) is 23.7 Å². The molecule has 2 N–H and O–H groups in total. The monoisotopic (exact) mass is 484 g/mol. The molecule has 6 nitrogen and oxygen atoms in total. The van der Waals surface area contributed by atoms with E-state index in [1.54, 1.807) is 6.07 Å². The van der Waals surface area contributed by atoms with Crippen LogP contribution < -0.4 is 10.1 Å². The molecule has 0 amide bonds. The highest BCUT2D eigenvalue weighted by Crippen LogP contribution is 2.35. The number of ether oxygens (including phenoxy) is 1. The molecule has 0 aliphatic carbocycles. The molecule has 0 unspecified atom stereocenters. The van der Waals surface area contributed by atoms with Crippen molar-refractivity contribution in [2.45, 2.75) is 32.6 Å². The summed E-state index contributed by atoms with van der Waals surface area (Å²) in [6.45, 7) is 1.88. The SMILES string of the molecule is Cc1c(-c2ccccc2)cccc1-c1nc2cc(CN[C@H](C)C(=O)O)c(OCC(F)(F)F)cc2o1. The van der Waals surface area contributed by atoms with E-state index in [-0.39, 0.29) is 17.9 Å². The normalized spacial score (nSPS) is 12.6. The van der Waals surface area contributed by atoms with Crippen LogP contribution in [-0.2, 0) is 11.3 Å². The van der Waals surface area contributed by atoms with E-state index in [0.29, 0.717) is 17.0 Å². The van der Waals surface area contributed by atoms with Crippen molar-refractivity contribution in [3.05, 3.63) is 71.8 Å². The minimum atomic E-state index is -4.53. The summed E-state index contributed by atoms with van der Waals surface area (Å²) in [4.78, 5) is 15.7. The second-order valence-electron chi connectivity index (χ2n) is 8.14. The van der Waals surface area contributed by atoms with Gasteiger partial charge in [0.1, 0.15) is 17.3 Å². The maximum Gasteiger partial charge on any atom is 0.422 e. The van der Waals surface area contributed by atoms with Gasteiger partial charge in [-0.3, -0.25) is 4.79 Å². The first-order valence-corrected chi connectivity index (χ1v) is 10.9. The minimum Gasteiger partial charge on any atom is -0.484 e. The van der Waals surface area contributed by atoms with Crippen LogP contribution in [0.4, 0.5) is 13.2 Å². The van der Waals surface area contributed by atoms with Gasteiger partial charge in [-0.25, -0.2) is 4.98 Å². The van der Waals surface area contributed by atoms with Gasteiger partial charge >= 0.3 is 12.1 Å². The summed E-state index contributed by atoms with van der Waals surface area (Å²) in [6, 6.07) is 17.6. The molecule has 4 aromatic rings. The molecule has 0 bridgehead atoms. The summed E-state index contributed by atoms with van der Waals surface area (Å²) in [6.07, 6.45) is -4.53. The van der Waals surface area contributed by atoms with Crippen molar-refractivity contribution in [1.29, 1.82) is 0 Å². The lowest BCUT2D eigenvalue weighted by Crippen LogP contribution is -2.33. The molecule has 182 valence electrons. The van der Waals surface area contributed by atoms with E-state index in [2.05, 4.69) is 10.3 Å². The van der Waals surface area contributed by atoms with E-state index < -0.39 is 24.8 Å². The number of aromatic nitrogens is 1. The standard InChI is InChI=1S/C26H23F3N2O4/c1-15-19(17-7-4-3-5-8-17)9-6-10-20(15)24-31-21-11-18(13-30-16(2)25(32)33)22(12-23(21)35-24)34-14-26(27,28)29/h3-12,16,30H,13-14H2,1-2H3,(H,32,33)/t16-/m1/s1. The van der Waals surface area contributed by atoms with Crippen LogP contribution in [0.5, 0.6) is 5.75 Å². The molecule has 0 aliphatic heterocycles. The number of nitrogens with one attached hydrogen (secondary N) is 1. The summed E-state index contributed by atoms with van der Waals surface area (Å²) in [5, 5.41) is 11.9.